The van der Waals surface area contributed by atoms with Gasteiger partial charge in [-0.3, -0.25) is 19.8 Å². The summed E-state index contributed by atoms with van der Waals surface area (Å²) in [5, 5.41) is 2.31. The molecule has 3 fully saturated rings. The minimum Gasteiger partial charge on any atom is -0.422 e. The predicted molar refractivity (Wildman–Crippen MR) is 120 cm³/mol. The molecule has 1 aliphatic heterocycles. The van der Waals surface area contributed by atoms with Gasteiger partial charge < -0.3 is 4.74 Å². The van der Waals surface area contributed by atoms with Gasteiger partial charge in [-0.15, -0.1) is 0 Å². The smallest absolute Gasteiger partial charge is 0.343 e. The summed E-state index contributed by atoms with van der Waals surface area (Å²) in [4.78, 5) is 52.3. The van der Waals surface area contributed by atoms with Crippen molar-refractivity contribution in [2.24, 2.45) is 11.8 Å². The van der Waals surface area contributed by atoms with E-state index in [4.69, 9.17) is 4.74 Å². The van der Waals surface area contributed by atoms with E-state index in [0.717, 1.165) is 31.2 Å². The number of carbonyl (C=O) groups excluding carboxylic acids is 4. The number of barbiturate groups is 1. The maximum atomic E-state index is 13.3. The Hall–Kier alpha value is -3.74. The number of hydrogen-bond donors (Lipinski definition) is 1. The highest BCUT2D eigenvalue weighted by Crippen LogP contribution is 2.47. The number of hydrogen-bond acceptors (Lipinski definition) is 5. The molecule has 168 valence electrons. The van der Waals surface area contributed by atoms with Gasteiger partial charge in [0.05, 0.1) is 5.56 Å². The highest BCUT2D eigenvalue weighted by Gasteiger charge is 2.49. The van der Waals surface area contributed by atoms with Gasteiger partial charge in [-0.1, -0.05) is 42.3 Å². The second-order valence-corrected chi connectivity index (χ2v) is 9.03. The number of benzene rings is 2. The third kappa shape index (κ3) is 3.95. The number of para-hydroxylation sites is 1. The van der Waals surface area contributed by atoms with E-state index in [1.807, 2.05) is 13.0 Å². The molecule has 4 amide bonds. The van der Waals surface area contributed by atoms with Crippen LogP contribution in [0.5, 0.6) is 5.75 Å². The van der Waals surface area contributed by atoms with E-state index in [-0.39, 0.29) is 17.4 Å². The molecule has 0 radical (unpaired) electrons. The van der Waals surface area contributed by atoms with E-state index in [0.29, 0.717) is 23.0 Å². The quantitative estimate of drug-likeness (QED) is 0.335. The van der Waals surface area contributed by atoms with Gasteiger partial charge in [0.15, 0.2) is 0 Å². The Bertz CT molecular complexity index is 1200. The standard InChI is InChI=1S/C26H24N2O5/c1-15-5-4-7-19(11-15)25(31)33-22-8-3-2-6-18(22)14-20-23(29)27-26(32)28(24(20)30)21-13-16-9-10-17(21)12-16/h2-8,11,14,16-17,21H,9-10,12-13H2,1H3,(H,27,29,32)/b20-14-/t16-,17-,21+/m0/s1. The summed E-state index contributed by atoms with van der Waals surface area (Å²) in [7, 11) is 0. The number of imide groups is 2. The Morgan fingerprint density at radius 3 is 2.61 bits per heavy atom. The molecule has 3 atom stereocenters. The van der Waals surface area contributed by atoms with Gasteiger partial charge >= 0.3 is 12.0 Å². The van der Waals surface area contributed by atoms with Crippen LogP contribution in [0.3, 0.4) is 0 Å². The maximum absolute atomic E-state index is 13.3. The van der Waals surface area contributed by atoms with Crippen LogP contribution < -0.4 is 10.1 Å². The summed E-state index contributed by atoms with van der Waals surface area (Å²) in [5.74, 6) is -0.831. The molecule has 2 saturated carbocycles. The molecule has 1 heterocycles. The molecule has 7 heteroatoms. The van der Waals surface area contributed by atoms with Gasteiger partial charge in [-0.25, -0.2) is 9.59 Å². The molecule has 1 N–H and O–H groups in total. The molecule has 3 aliphatic rings. The van der Waals surface area contributed by atoms with Crippen molar-refractivity contribution >= 4 is 29.9 Å². The first-order chi connectivity index (χ1) is 15.9. The largest absolute Gasteiger partial charge is 0.422 e. The van der Waals surface area contributed by atoms with Crippen molar-refractivity contribution in [3.05, 3.63) is 70.8 Å². The van der Waals surface area contributed by atoms with Crippen molar-refractivity contribution in [3.63, 3.8) is 0 Å². The van der Waals surface area contributed by atoms with Crippen LogP contribution >= 0.6 is 0 Å². The Balaban J connectivity index is 1.43. The lowest BCUT2D eigenvalue weighted by Gasteiger charge is -2.35. The number of amides is 4. The molecule has 33 heavy (non-hydrogen) atoms. The van der Waals surface area contributed by atoms with Crippen LogP contribution in [0.2, 0.25) is 0 Å². The molecule has 2 aromatic carbocycles. The lowest BCUT2D eigenvalue weighted by molar-refractivity contribution is -0.132. The Morgan fingerprint density at radius 2 is 1.88 bits per heavy atom. The topological polar surface area (TPSA) is 92.8 Å². The van der Waals surface area contributed by atoms with Gasteiger partial charge in [0.1, 0.15) is 11.3 Å². The molecule has 0 spiro atoms. The number of nitrogens with zero attached hydrogens (tertiary/aromatic N) is 1. The Labute approximate surface area is 191 Å². The summed E-state index contributed by atoms with van der Waals surface area (Å²) in [6.45, 7) is 1.88. The predicted octanol–water partition coefficient (Wildman–Crippen LogP) is 3.86. The van der Waals surface area contributed by atoms with Crippen molar-refractivity contribution < 1.29 is 23.9 Å². The van der Waals surface area contributed by atoms with Crippen LogP contribution in [0.4, 0.5) is 4.79 Å². The van der Waals surface area contributed by atoms with E-state index in [9.17, 15) is 19.2 Å². The highest BCUT2D eigenvalue weighted by molar-refractivity contribution is 6.31. The Morgan fingerprint density at radius 1 is 1.06 bits per heavy atom. The zero-order valence-electron chi connectivity index (χ0n) is 18.2. The van der Waals surface area contributed by atoms with Gasteiger partial charge in [-0.05, 0) is 62.3 Å². The van der Waals surface area contributed by atoms with Crippen LogP contribution in [0.15, 0.2) is 54.1 Å². The normalized spacial score (nSPS) is 25.5. The summed E-state index contributed by atoms with van der Waals surface area (Å²) in [5.41, 5.74) is 1.59. The maximum Gasteiger partial charge on any atom is 0.343 e. The molecular formula is C26H24N2O5. The number of fused-ring (bicyclic) bond motifs is 2. The number of carbonyl (C=O) groups is 4. The molecule has 0 unspecified atom stereocenters. The minimum atomic E-state index is -0.746. The summed E-state index contributed by atoms with van der Waals surface area (Å²) >= 11 is 0. The van der Waals surface area contributed by atoms with Crippen LogP contribution in [0, 0.1) is 18.8 Å². The number of aryl methyl sites for hydroxylation is 1. The van der Waals surface area contributed by atoms with E-state index in [1.165, 1.54) is 11.0 Å². The van der Waals surface area contributed by atoms with E-state index < -0.39 is 23.8 Å². The van der Waals surface area contributed by atoms with Gasteiger partial charge in [0.25, 0.3) is 11.8 Å². The monoisotopic (exact) mass is 444 g/mol. The SMILES string of the molecule is Cc1cccc(C(=O)Oc2ccccc2/C=C2/C(=O)NC(=O)N([C@@H]3C[C@H]4CC[C@H]3C4)C2=O)c1. The highest BCUT2D eigenvalue weighted by atomic mass is 16.5. The first-order valence-corrected chi connectivity index (χ1v) is 11.2. The van der Waals surface area contributed by atoms with E-state index >= 15 is 0 Å². The number of esters is 1. The van der Waals surface area contributed by atoms with Crippen LogP contribution in [-0.2, 0) is 9.59 Å². The number of rotatable bonds is 4. The number of nitrogens with one attached hydrogen (secondary N) is 1. The van der Waals surface area contributed by atoms with Crippen molar-refractivity contribution in [2.45, 2.75) is 38.6 Å². The molecule has 5 rings (SSSR count). The minimum absolute atomic E-state index is 0.142. The third-order valence-corrected chi connectivity index (χ3v) is 6.84. The fourth-order valence-electron chi connectivity index (χ4n) is 5.28. The van der Waals surface area contributed by atoms with Gasteiger partial charge in [0.2, 0.25) is 0 Å². The van der Waals surface area contributed by atoms with Gasteiger partial charge in [0, 0.05) is 11.6 Å². The molecular weight excluding hydrogens is 420 g/mol. The van der Waals surface area contributed by atoms with Crippen LogP contribution in [0.25, 0.3) is 6.08 Å². The fourth-order valence-corrected chi connectivity index (χ4v) is 5.28. The lowest BCUT2D eigenvalue weighted by Crippen LogP contribution is -2.58. The average Bonchev–Trinajstić information content (AvgIpc) is 3.41. The number of ether oxygens (including phenoxy) is 1. The molecule has 2 bridgehead atoms. The van der Waals surface area contributed by atoms with Crippen LogP contribution in [-0.4, -0.2) is 34.8 Å². The van der Waals surface area contributed by atoms with Gasteiger partial charge in [-0.2, -0.15) is 0 Å². The first kappa shape index (κ1) is 21.1. The van der Waals surface area contributed by atoms with Crippen molar-refractivity contribution in [3.8, 4) is 5.75 Å². The molecule has 2 aromatic rings. The average molecular weight is 444 g/mol. The second kappa shape index (κ2) is 8.31. The molecule has 2 aliphatic carbocycles. The zero-order valence-corrected chi connectivity index (χ0v) is 18.2. The lowest BCUT2D eigenvalue weighted by atomic mass is 9.93. The summed E-state index contributed by atoms with van der Waals surface area (Å²) in [6, 6.07) is 12.9. The second-order valence-electron chi connectivity index (χ2n) is 9.03. The summed E-state index contributed by atoms with van der Waals surface area (Å²) < 4.78 is 5.58. The third-order valence-electron chi connectivity index (χ3n) is 6.84. The first-order valence-electron chi connectivity index (χ1n) is 11.2. The summed E-state index contributed by atoms with van der Waals surface area (Å²) in [6.07, 6.45) is 5.33. The molecule has 7 nitrogen and oxygen atoms in total. The number of urea groups is 1. The zero-order chi connectivity index (χ0) is 23.1. The van der Waals surface area contributed by atoms with E-state index in [2.05, 4.69) is 5.32 Å². The van der Waals surface area contributed by atoms with Crippen molar-refractivity contribution in [1.82, 2.24) is 10.2 Å². The molecule has 0 aromatic heterocycles. The Kier molecular flexibility index (Phi) is 5.32. The fraction of sp³-hybridized carbons (Fsp3) is 0.308. The van der Waals surface area contributed by atoms with E-state index in [1.54, 1.807) is 42.5 Å². The van der Waals surface area contributed by atoms with Crippen molar-refractivity contribution in [1.29, 1.82) is 0 Å². The van der Waals surface area contributed by atoms with Crippen LogP contribution in [0.1, 0.15) is 47.2 Å². The molecule has 1 saturated heterocycles. The van der Waals surface area contributed by atoms with Crippen molar-refractivity contribution in [2.75, 3.05) is 0 Å².